The molecule has 2 aromatic carbocycles. The van der Waals surface area contributed by atoms with Crippen LogP contribution in [-0.4, -0.2) is 59.1 Å². The Balaban J connectivity index is 2.19. The Morgan fingerprint density at radius 3 is 2.35 bits per heavy atom. The molecule has 7 nitrogen and oxygen atoms in total. The van der Waals surface area contributed by atoms with Gasteiger partial charge in [0.1, 0.15) is 11.5 Å². The first-order valence-corrected chi connectivity index (χ1v) is 10.9. The number of hydrogen-bond donors (Lipinski definition) is 0. The standard InChI is InChI=1S/C21H22Cl2N4O3S/c1-12(20(28)26(2)3)31-21-25-24-19(15-10-13(22)6-8-17(15)29-4)27(21)14-7-9-18(30-5)16(23)11-14/h6-12H,1-5H3. The summed E-state index contributed by atoms with van der Waals surface area (Å²) in [5.41, 5.74) is 1.37. The van der Waals surface area contributed by atoms with Gasteiger partial charge in [0, 0.05) is 19.1 Å². The van der Waals surface area contributed by atoms with E-state index in [0.717, 1.165) is 0 Å². The Labute approximate surface area is 195 Å². The van der Waals surface area contributed by atoms with Gasteiger partial charge in [0.15, 0.2) is 11.0 Å². The maximum atomic E-state index is 12.4. The molecule has 0 radical (unpaired) electrons. The van der Waals surface area contributed by atoms with E-state index in [1.807, 2.05) is 17.6 Å². The fourth-order valence-electron chi connectivity index (χ4n) is 2.97. The summed E-state index contributed by atoms with van der Waals surface area (Å²) in [5, 5.41) is 9.88. The van der Waals surface area contributed by atoms with Crippen LogP contribution in [0.5, 0.6) is 11.5 Å². The molecule has 0 aliphatic heterocycles. The van der Waals surface area contributed by atoms with Crippen molar-refractivity contribution in [3.63, 3.8) is 0 Å². The summed E-state index contributed by atoms with van der Waals surface area (Å²) in [5.74, 6) is 1.61. The molecule has 3 aromatic rings. The number of amides is 1. The Kier molecular flexibility index (Phi) is 7.35. The minimum absolute atomic E-state index is 0.0331. The zero-order valence-corrected chi connectivity index (χ0v) is 20.0. The molecule has 0 aliphatic rings. The molecule has 1 amide bonds. The van der Waals surface area contributed by atoms with E-state index in [4.69, 9.17) is 32.7 Å². The maximum absolute atomic E-state index is 12.4. The van der Waals surface area contributed by atoms with E-state index >= 15 is 0 Å². The summed E-state index contributed by atoms with van der Waals surface area (Å²) >= 11 is 13.9. The molecule has 1 aromatic heterocycles. The van der Waals surface area contributed by atoms with Crippen molar-refractivity contribution in [2.24, 2.45) is 0 Å². The zero-order chi connectivity index (χ0) is 22.7. The number of rotatable bonds is 7. The van der Waals surface area contributed by atoms with Gasteiger partial charge in [-0.05, 0) is 43.3 Å². The lowest BCUT2D eigenvalue weighted by atomic mass is 10.2. The third kappa shape index (κ3) is 4.92. The summed E-state index contributed by atoms with van der Waals surface area (Å²) < 4.78 is 12.6. The molecule has 164 valence electrons. The van der Waals surface area contributed by atoms with Crippen LogP contribution in [0, 0.1) is 0 Å². The second-order valence-corrected chi connectivity index (χ2v) is 8.95. The first-order chi connectivity index (χ1) is 14.8. The summed E-state index contributed by atoms with van der Waals surface area (Å²) in [6.07, 6.45) is 0. The van der Waals surface area contributed by atoms with Gasteiger partial charge in [0.25, 0.3) is 0 Å². The highest BCUT2D eigenvalue weighted by Crippen LogP contribution is 2.37. The Morgan fingerprint density at radius 2 is 1.74 bits per heavy atom. The molecular weight excluding hydrogens is 459 g/mol. The number of thioether (sulfide) groups is 1. The van der Waals surface area contributed by atoms with E-state index in [2.05, 4.69) is 10.2 Å². The lowest BCUT2D eigenvalue weighted by Crippen LogP contribution is -2.29. The van der Waals surface area contributed by atoms with Gasteiger partial charge in [-0.15, -0.1) is 10.2 Å². The van der Waals surface area contributed by atoms with Gasteiger partial charge in [-0.3, -0.25) is 9.36 Å². The SMILES string of the molecule is COc1ccc(-n2c(SC(C)C(=O)N(C)C)nnc2-c2cc(Cl)ccc2OC)cc1Cl. The van der Waals surface area contributed by atoms with Crippen LogP contribution in [0.3, 0.4) is 0 Å². The molecule has 31 heavy (non-hydrogen) atoms. The summed E-state index contributed by atoms with van der Waals surface area (Å²) in [4.78, 5) is 14.0. The van der Waals surface area contributed by atoms with E-state index in [-0.39, 0.29) is 11.2 Å². The molecule has 0 saturated carbocycles. The number of hydrogen-bond acceptors (Lipinski definition) is 6. The number of nitrogens with zero attached hydrogens (tertiary/aromatic N) is 4. The van der Waals surface area contributed by atoms with Crippen LogP contribution >= 0.6 is 35.0 Å². The van der Waals surface area contributed by atoms with E-state index in [9.17, 15) is 4.79 Å². The molecule has 1 unspecified atom stereocenters. The fourth-order valence-corrected chi connectivity index (χ4v) is 4.41. The summed E-state index contributed by atoms with van der Waals surface area (Å²) in [6, 6.07) is 10.6. The van der Waals surface area contributed by atoms with Gasteiger partial charge in [-0.2, -0.15) is 0 Å². The lowest BCUT2D eigenvalue weighted by Gasteiger charge is -2.17. The zero-order valence-electron chi connectivity index (χ0n) is 17.7. The van der Waals surface area contributed by atoms with Crippen molar-refractivity contribution < 1.29 is 14.3 Å². The van der Waals surface area contributed by atoms with Crippen LogP contribution in [0.15, 0.2) is 41.6 Å². The van der Waals surface area contributed by atoms with E-state index < -0.39 is 0 Å². The highest BCUT2D eigenvalue weighted by atomic mass is 35.5. The first kappa shape index (κ1) is 23.2. The molecule has 1 atom stereocenters. The van der Waals surface area contributed by atoms with Crippen LogP contribution in [0.4, 0.5) is 0 Å². The quantitative estimate of drug-likeness (QED) is 0.451. The van der Waals surface area contributed by atoms with Crippen molar-refractivity contribution in [1.82, 2.24) is 19.7 Å². The molecule has 0 N–H and O–H groups in total. The molecule has 0 bridgehead atoms. The predicted octanol–water partition coefficient (Wildman–Crippen LogP) is 4.83. The predicted molar refractivity (Wildman–Crippen MR) is 124 cm³/mol. The normalized spacial score (nSPS) is 11.8. The van der Waals surface area contributed by atoms with Crippen molar-refractivity contribution in [3.8, 4) is 28.6 Å². The Morgan fingerprint density at radius 1 is 1.06 bits per heavy atom. The Hall–Kier alpha value is -2.42. The number of ether oxygens (including phenoxy) is 2. The maximum Gasteiger partial charge on any atom is 0.235 e. The molecule has 10 heteroatoms. The van der Waals surface area contributed by atoms with Gasteiger partial charge in [0.2, 0.25) is 5.91 Å². The summed E-state index contributed by atoms with van der Waals surface area (Å²) in [6.45, 7) is 1.83. The largest absolute Gasteiger partial charge is 0.496 e. The van der Waals surface area contributed by atoms with Crippen LogP contribution in [0.1, 0.15) is 6.92 Å². The molecule has 0 spiro atoms. The minimum atomic E-state index is -0.374. The number of methoxy groups -OCH3 is 2. The van der Waals surface area contributed by atoms with Crippen molar-refractivity contribution >= 4 is 40.9 Å². The molecule has 0 fully saturated rings. The van der Waals surface area contributed by atoms with E-state index in [1.54, 1.807) is 63.5 Å². The van der Waals surface area contributed by atoms with Gasteiger partial charge in [-0.1, -0.05) is 35.0 Å². The Bertz CT molecular complexity index is 1100. The third-order valence-electron chi connectivity index (χ3n) is 4.50. The second-order valence-electron chi connectivity index (χ2n) is 6.80. The van der Waals surface area contributed by atoms with Crippen LogP contribution in [-0.2, 0) is 4.79 Å². The molecule has 1 heterocycles. The third-order valence-corrected chi connectivity index (χ3v) is 6.06. The molecular formula is C21H22Cl2N4O3S. The second kappa shape index (κ2) is 9.80. The average molecular weight is 481 g/mol. The average Bonchev–Trinajstić information content (AvgIpc) is 3.16. The van der Waals surface area contributed by atoms with Crippen molar-refractivity contribution in [3.05, 3.63) is 46.4 Å². The number of benzene rings is 2. The fraction of sp³-hybridized carbons (Fsp3) is 0.286. The smallest absolute Gasteiger partial charge is 0.235 e. The van der Waals surface area contributed by atoms with Crippen molar-refractivity contribution in [2.45, 2.75) is 17.3 Å². The van der Waals surface area contributed by atoms with Crippen LogP contribution in [0.25, 0.3) is 17.1 Å². The molecule has 0 aliphatic carbocycles. The number of carbonyl (C=O) groups excluding carboxylic acids is 1. The lowest BCUT2D eigenvalue weighted by molar-refractivity contribution is -0.127. The summed E-state index contributed by atoms with van der Waals surface area (Å²) in [7, 11) is 6.56. The van der Waals surface area contributed by atoms with E-state index in [1.165, 1.54) is 11.8 Å². The van der Waals surface area contributed by atoms with Gasteiger partial charge in [-0.25, -0.2) is 0 Å². The van der Waals surface area contributed by atoms with Crippen molar-refractivity contribution in [2.75, 3.05) is 28.3 Å². The highest BCUT2D eigenvalue weighted by Gasteiger charge is 2.24. The van der Waals surface area contributed by atoms with Gasteiger partial charge >= 0.3 is 0 Å². The number of halogens is 2. The highest BCUT2D eigenvalue weighted by molar-refractivity contribution is 8.00. The topological polar surface area (TPSA) is 69.5 Å². The van der Waals surface area contributed by atoms with Crippen LogP contribution in [0.2, 0.25) is 10.0 Å². The first-order valence-electron chi connectivity index (χ1n) is 9.27. The van der Waals surface area contributed by atoms with Gasteiger partial charge in [0.05, 0.1) is 35.7 Å². The number of aromatic nitrogens is 3. The molecule has 0 saturated heterocycles. The minimum Gasteiger partial charge on any atom is -0.496 e. The monoisotopic (exact) mass is 480 g/mol. The van der Waals surface area contributed by atoms with E-state index in [0.29, 0.717) is 43.8 Å². The number of carbonyl (C=O) groups is 1. The van der Waals surface area contributed by atoms with Crippen molar-refractivity contribution in [1.29, 1.82) is 0 Å². The van der Waals surface area contributed by atoms with Gasteiger partial charge < -0.3 is 14.4 Å². The van der Waals surface area contributed by atoms with Crippen LogP contribution < -0.4 is 9.47 Å². The molecule has 3 rings (SSSR count).